The second-order valence-electron chi connectivity index (χ2n) is 4.09. The summed E-state index contributed by atoms with van der Waals surface area (Å²) >= 11 is 0. The molecule has 0 aromatic heterocycles. The van der Waals surface area contributed by atoms with Crippen LogP contribution >= 0.6 is 0 Å². The highest BCUT2D eigenvalue weighted by molar-refractivity contribution is 5.38. The van der Waals surface area contributed by atoms with Crippen LogP contribution in [0.25, 0.3) is 0 Å². The van der Waals surface area contributed by atoms with E-state index in [1.807, 2.05) is 18.2 Å². The van der Waals surface area contributed by atoms with E-state index < -0.39 is 0 Å². The second kappa shape index (κ2) is 3.82. The molecule has 0 aliphatic rings. The fraction of sp³-hybridized carbons (Fsp3) is 0.417. The van der Waals surface area contributed by atoms with E-state index in [2.05, 4.69) is 33.8 Å². The monoisotopic (exact) mass is 177 g/mol. The van der Waals surface area contributed by atoms with Gasteiger partial charge in [-0.1, -0.05) is 39.0 Å². The van der Waals surface area contributed by atoms with E-state index in [4.69, 9.17) is 4.74 Å². The van der Waals surface area contributed by atoms with Crippen LogP contribution in [0.15, 0.2) is 24.3 Å². The molecular weight excluding hydrogens is 160 g/mol. The highest BCUT2D eigenvalue weighted by atomic mass is 16.5. The van der Waals surface area contributed by atoms with Gasteiger partial charge in [0.1, 0.15) is 5.75 Å². The summed E-state index contributed by atoms with van der Waals surface area (Å²) in [5.74, 6) is 0.949. The lowest BCUT2D eigenvalue weighted by molar-refractivity contribution is 0.349. The average molecular weight is 177 g/mol. The lowest BCUT2D eigenvalue weighted by Crippen LogP contribution is -2.13. The van der Waals surface area contributed by atoms with Crippen molar-refractivity contribution in [1.29, 1.82) is 0 Å². The normalized spacial score (nSPS) is 11.4. The fourth-order valence-electron chi connectivity index (χ4n) is 1.32. The van der Waals surface area contributed by atoms with Crippen LogP contribution in [0.3, 0.4) is 0 Å². The number of rotatable bonds is 2. The van der Waals surface area contributed by atoms with Gasteiger partial charge in [0.05, 0.1) is 6.61 Å². The van der Waals surface area contributed by atoms with Gasteiger partial charge in [-0.05, 0) is 24.0 Å². The minimum Gasteiger partial charge on any atom is -0.493 e. The van der Waals surface area contributed by atoms with Gasteiger partial charge in [-0.25, -0.2) is 0 Å². The predicted molar refractivity (Wildman–Crippen MR) is 56.0 cm³/mol. The smallest absolute Gasteiger partial charge is 0.123 e. The number of ether oxygens (including phenoxy) is 1. The third-order valence-electron chi connectivity index (χ3n) is 1.95. The molecule has 0 aliphatic heterocycles. The van der Waals surface area contributed by atoms with Gasteiger partial charge >= 0.3 is 0 Å². The molecule has 0 heterocycles. The van der Waals surface area contributed by atoms with E-state index in [1.165, 1.54) is 5.56 Å². The summed E-state index contributed by atoms with van der Waals surface area (Å²) in [6.07, 6.45) is 0. The zero-order chi connectivity index (χ0) is 9.90. The molecular formula is C12H17O. The Morgan fingerprint density at radius 1 is 1.23 bits per heavy atom. The van der Waals surface area contributed by atoms with Crippen molar-refractivity contribution in [2.24, 2.45) is 0 Å². The van der Waals surface area contributed by atoms with Crippen molar-refractivity contribution in [3.05, 3.63) is 36.8 Å². The summed E-state index contributed by atoms with van der Waals surface area (Å²) in [5, 5.41) is 0. The quantitative estimate of drug-likeness (QED) is 0.674. The SMILES string of the molecule is [CH2]COc1ccccc1C(C)(C)C. The zero-order valence-electron chi connectivity index (χ0n) is 8.63. The second-order valence-corrected chi connectivity index (χ2v) is 4.09. The van der Waals surface area contributed by atoms with Crippen LogP contribution in [0.2, 0.25) is 0 Å². The maximum Gasteiger partial charge on any atom is 0.123 e. The van der Waals surface area contributed by atoms with E-state index in [1.54, 1.807) is 0 Å². The molecule has 13 heavy (non-hydrogen) atoms. The van der Waals surface area contributed by atoms with Crippen LogP contribution in [0.4, 0.5) is 0 Å². The van der Waals surface area contributed by atoms with Crippen LogP contribution in [0, 0.1) is 6.92 Å². The molecule has 1 nitrogen and oxygen atoms in total. The summed E-state index contributed by atoms with van der Waals surface area (Å²) in [6.45, 7) is 10.7. The molecule has 1 aromatic carbocycles. The largest absolute Gasteiger partial charge is 0.493 e. The third-order valence-corrected chi connectivity index (χ3v) is 1.95. The van der Waals surface area contributed by atoms with Gasteiger partial charge in [0.15, 0.2) is 0 Å². The van der Waals surface area contributed by atoms with Crippen molar-refractivity contribution in [1.82, 2.24) is 0 Å². The molecule has 0 amide bonds. The van der Waals surface area contributed by atoms with Gasteiger partial charge in [-0.15, -0.1) is 0 Å². The van der Waals surface area contributed by atoms with E-state index in [-0.39, 0.29) is 5.41 Å². The molecule has 1 heteroatoms. The van der Waals surface area contributed by atoms with Gasteiger partial charge in [-0.3, -0.25) is 0 Å². The average Bonchev–Trinajstić information content (AvgIpc) is 2.04. The van der Waals surface area contributed by atoms with Crippen LogP contribution in [0.5, 0.6) is 5.75 Å². The standard InChI is InChI=1S/C12H17O/c1-5-13-11-9-7-6-8-10(11)12(2,3)4/h6-9H,1,5H2,2-4H3. The van der Waals surface area contributed by atoms with Crippen molar-refractivity contribution in [3.63, 3.8) is 0 Å². The molecule has 71 valence electrons. The van der Waals surface area contributed by atoms with Crippen molar-refractivity contribution >= 4 is 0 Å². The molecule has 1 aromatic rings. The number of para-hydroxylation sites is 1. The first kappa shape index (κ1) is 10.1. The molecule has 0 atom stereocenters. The van der Waals surface area contributed by atoms with Crippen LogP contribution in [-0.2, 0) is 5.41 Å². The molecule has 0 spiro atoms. The first-order valence-corrected chi connectivity index (χ1v) is 4.57. The molecule has 1 rings (SSSR count). The lowest BCUT2D eigenvalue weighted by atomic mass is 9.86. The highest BCUT2D eigenvalue weighted by Gasteiger charge is 2.17. The number of hydrogen-bond donors (Lipinski definition) is 0. The summed E-state index contributed by atoms with van der Waals surface area (Å²) in [6, 6.07) is 8.12. The zero-order valence-corrected chi connectivity index (χ0v) is 8.63. The maximum absolute atomic E-state index is 5.45. The minimum absolute atomic E-state index is 0.131. The van der Waals surface area contributed by atoms with Gasteiger partial charge in [0, 0.05) is 0 Å². The predicted octanol–water partition coefficient (Wildman–Crippen LogP) is 3.20. The van der Waals surface area contributed by atoms with Crippen LogP contribution in [-0.4, -0.2) is 6.61 Å². The third kappa shape index (κ3) is 2.48. The Balaban J connectivity index is 3.05. The molecule has 0 bridgehead atoms. The van der Waals surface area contributed by atoms with Crippen molar-refractivity contribution < 1.29 is 4.74 Å². The van der Waals surface area contributed by atoms with Gasteiger partial charge in [-0.2, -0.15) is 0 Å². The Kier molecular flexibility index (Phi) is 2.97. The van der Waals surface area contributed by atoms with Crippen molar-refractivity contribution in [2.45, 2.75) is 26.2 Å². The van der Waals surface area contributed by atoms with Crippen molar-refractivity contribution in [2.75, 3.05) is 6.61 Å². The topological polar surface area (TPSA) is 9.23 Å². The Bertz CT molecular complexity index is 271. The number of benzene rings is 1. The van der Waals surface area contributed by atoms with Gasteiger partial charge in [0.2, 0.25) is 0 Å². The summed E-state index contributed by atoms with van der Waals surface area (Å²) in [4.78, 5) is 0. The van der Waals surface area contributed by atoms with E-state index in [0.29, 0.717) is 6.61 Å². The minimum atomic E-state index is 0.131. The first-order chi connectivity index (χ1) is 6.05. The van der Waals surface area contributed by atoms with Crippen LogP contribution < -0.4 is 4.74 Å². The molecule has 0 fully saturated rings. The van der Waals surface area contributed by atoms with Crippen LogP contribution in [0.1, 0.15) is 26.3 Å². The molecule has 1 radical (unpaired) electrons. The van der Waals surface area contributed by atoms with Crippen molar-refractivity contribution in [3.8, 4) is 5.75 Å². The van der Waals surface area contributed by atoms with Gasteiger partial charge < -0.3 is 4.74 Å². The first-order valence-electron chi connectivity index (χ1n) is 4.57. The van der Waals surface area contributed by atoms with E-state index in [9.17, 15) is 0 Å². The fourth-order valence-corrected chi connectivity index (χ4v) is 1.32. The molecule has 0 N–H and O–H groups in total. The molecule has 0 aliphatic carbocycles. The Hall–Kier alpha value is -0.980. The Morgan fingerprint density at radius 2 is 1.85 bits per heavy atom. The maximum atomic E-state index is 5.45. The number of hydrogen-bond acceptors (Lipinski definition) is 1. The molecule has 0 unspecified atom stereocenters. The Labute approximate surface area is 80.7 Å². The Morgan fingerprint density at radius 3 is 2.38 bits per heavy atom. The highest BCUT2D eigenvalue weighted by Crippen LogP contribution is 2.30. The summed E-state index contributed by atoms with van der Waals surface area (Å²) in [7, 11) is 0. The van der Waals surface area contributed by atoms with Gasteiger partial charge in [0.25, 0.3) is 0 Å². The lowest BCUT2D eigenvalue weighted by Gasteiger charge is -2.22. The molecule has 0 saturated heterocycles. The molecule has 0 saturated carbocycles. The van der Waals surface area contributed by atoms with E-state index in [0.717, 1.165) is 5.75 Å². The summed E-state index contributed by atoms with van der Waals surface area (Å²) < 4.78 is 5.45. The summed E-state index contributed by atoms with van der Waals surface area (Å²) in [5.41, 5.74) is 1.37. The van der Waals surface area contributed by atoms with E-state index >= 15 is 0 Å².